The average molecular weight is 209 g/mol. The van der Waals surface area contributed by atoms with Crippen molar-refractivity contribution in [3.05, 3.63) is 0 Å². The Kier molecular flexibility index (Phi) is 14.3. The molecule has 13 heavy (non-hydrogen) atoms. The summed E-state index contributed by atoms with van der Waals surface area (Å²) in [6.07, 6.45) is 6.97. The van der Waals surface area contributed by atoms with Crippen molar-refractivity contribution in [3.63, 3.8) is 0 Å². The highest BCUT2D eigenvalue weighted by atomic mass is 31.1. The molecule has 0 aliphatic carbocycles. The highest BCUT2D eigenvalue weighted by Gasteiger charge is 2.00. The summed E-state index contributed by atoms with van der Waals surface area (Å²) >= 11 is 0. The minimum atomic E-state index is -2.87. The maximum Gasteiger partial charge on any atom is 0.692 e. The second-order valence-electron chi connectivity index (χ2n) is 3.08. The minimum Gasteiger partial charge on any atom is -0.134 e. The van der Waals surface area contributed by atoms with Gasteiger partial charge < -0.3 is 0 Å². The van der Waals surface area contributed by atoms with E-state index in [0.717, 1.165) is 5.92 Å². The van der Waals surface area contributed by atoms with E-state index in [-0.39, 0.29) is 0 Å². The van der Waals surface area contributed by atoms with Gasteiger partial charge in [0.15, 0.2) is 0 Å². The predicted molar refractivity (Wildman–Crippen MR) is 55.6 cm³/mol. The van der Waals surface area contributed by atoms with Crippen molar-refractivity contribution in [1.29, 1.82) is 0 Å². The van der Waals surface area contributed by atoms with Crippen LogP contribution in [0.1, 0.15) is 52.9 Å². The summed E-state index contributed by atoms with van der Waals surface area (Å²) in [6.45, 7) is 6.86. The lowest BCUT2D eigenvalue weighted by Crippen LogP contribution is -1.95. The molecule has 0 fully saturated rings. The molecule has 0 spiro atoms. The van der Waals surface area contributed by atoms with Crippen molar-refractivity contribution < 1.29 is 14.4 Å². The smallest absolute Gasteiger partial charge is 0.134 e. The van der Waals surface area contributed by atoms with E-state index in [2.05, 4.69) is 20.8 Å². The van der Waals surface area contributed by atoms with Crippen molar-refractivity contribution >= 4 is 8.25 Å². The third-order valence-corrected chi connectivity index (χ3v) is 2.12. The zero-order chi connectivity index (χ0) is 10.7. The van der Waals surface area contributed by atoms with Gasteiger partial charge >= 0.3 is 8.25 Å². The van der Waals surface area contributed by atoms with Crippen LogP contribution in [0.2, 0.25) is 0 Å². The van der Waals surface area contributed by atoms with E-state index in [0.29, 0.717) is 0 Å². The van der Waals surface area contributed by atoms with E-state index in [9.17, 15) is 0 Å². The predicted octanol–water partition coefficient (Wildman–Crippen LogP) is 3.24. The molecule has 0 atom stereocenters. The van der Waals surface area contributed by atoms with Gasteiger partial charge in [0.25, 0.3) is 0 Å². The molecular formula is C9H22O3P+. The fourth-order valence-corrected chi connectivity index (χ4v) is 1.19. The molecule has 0 amide bonds. The number of hydrogen-bond acceptors (Lipinski definition) is 1. The van der Waals surface area contributed by atoms with Gasteiger partial charge in [0, 0.05) is 4.57 Å². The van der Waals surface area contributed by atoms with Crippen LogP contribution in [0.15, 0.2) is 0 Å². The van der Waals surface area contributed by atoms with Crippen LogP contribution < -0.4 is 0 Å². The molecule has 0 aliphatic heterocycles. The second kappa shape index (κ2) is 12.0. The first kappa shape index (κ1) is 15.5. The van der Waals surface area contributed by atoms with Gasteiger partial charge in [0.05, 0.1) is 0 Å². The molecule has 0 aromatic rings. The molecule has 0 bridgehead atoms. The van der Waals surface area contributed by atoms with Crippen LogP contribution in [0.3, 0.4) is 0 Å². The lowest BCUT2D eigenvalue weighted by molar-refractivity contribution is 0.405. The highest BCUT2D eigenvalue weighted by molar-refractivity contribution is 7.30. The molecule has 0 aliphatic rings. The zero-order valence-electron chi connectivity index (χ0n) is 8.86. The maximum absolute atomic E-state index is 8.70. The van der Waals surface area contributed by atoms with Gasteiger partial charge in [-0.1, -0.05) is 52.9 Å². The average Bonchev–Trinajstić information content (AvgIpc) is 2.06. The monoisotopic (exact) mass is 209 g/mol. The summed E-state index contributed by atoms with van der Waals surface area (Å²) in [5, 5.41) is 0. The molecule has 0 aromatic heterocycles. The molecule has 80 valence electrons. The van der Waals surface area contributed by atoms with Gasteiger partial charge in [-0.3, -0.25) is 0 Å². The maximum atomic E-state index is 8.70. The van der Waals surface area contributed by atoms with Crippen LogP contribution in [-0.2, 0) is 4.57 Å². The van der Waals surface area contributed by atoms with Gasteiger partial charge in [0.2, 0.25) is 0 Å². The van der Waals surface area contributed by atoms with Gasteiger partial charge in [-0.15, -0.1) is 9.79 Å². The molecule has 0 saturated heterocycles. The molecule has 2 N–H and O–H groups in total. The van der Waals surface area contributed by atoms with Crippen LogP contribution in [-0.4, -0.2) is 9.79 Å². The Balaban J connectivity index is 0. The quantitative estimate of drug-likeness (QED) is 0.683. The molecule has 0 radical (unpaired) electrons. The molecule has 0 rings (SSSR count). The van der Waals surface area contributed by atoms with E-state index in [1.54, 1.807) is 0 Å². The van der Waals surface area contributed by atoms with Gasteiger partial charge in [0.1, 0.15) is 0 Å². The van der Waals surface area contributed by atoms with E-state index in [4.69, 9.17) is 14.4 Å². The molecule has 0 unspecified atom stereocenters. The third-order valence-electron chi connectivity index (χ3n) is 2.12. The van der Waals surface area contributed by atoms with Crippen LogP contribution in [0.4, 0.5) is 0 Å². The van der Waals surface area contributed by atoms with Gasteiger partial charge in [-0.05, 0) is 5.92 Å². The van der Waals surface area contributed by atoms with Crippen molar-refractivity contribution in [1.82, 2.24) is 0 Å². The lowest BCUT2D eigenvalue weighted by atomic mass is 9.97. The zero-order valence-corrected chi connectivity index (χ0v) is 9.76. The first-order chi connectivity index (χ1) is 6.08. The number of hydrogen-bond donors (Lipinski definition) is 2. The summed E-state index contributed by atoms with van der Waals surface area (Å²) < 4.78 is 8.70. The molecule has 4 heteroatoms. The van der Waals surface area contributed by atoms with E-state index >= 15 is 0 Å². The van der Waals surface area contributed by atoms with Crippen LogP contribution in [0.5, 0.6) is 0 Å². The van der Waals surface area contributed by atoms with Gasteiger partial charge in [-0.25, -0.2) is 0 Å². The Morgan fingerprint density at radius 2 is 1.54 bits per heavy atom. The van der Waals surface area contributed by atoms with E-state index in [1.165, 1.54) is 32.1 Å². The fraction of sp³-hybridized carbons (Fsp3) is 1.00. The Labute approximate surface area is 82.1 Å². The molecular weight excluding hydrogens is 187 g/mol. The topological polar surface area (TPSA) is 57.5 Å². The van der Waals surface area contributed by atoms with Crippen LogP contribution in [0, 0.1) is 5.92 Å². The Hall–Kier alpha value is 0.0200. The second-order valence-corrected chi connectivity index (χ2v) is 3.58. The number of rotatable bonds is 5. The van der Waals surface area contributed by atoms with Crippen molar-refractivity contribution in [3.8, 4) is 0 Å². The first-order valence-corrected chi connectivity index (χ1v) is 6.09. The van der Waals surface area contributed by atoms with Gasteiger partial charge in [-0.2, -0.15) is 0 Å². The Morgan fingerprint density at radius 3 is 1.77 bits per heavy atom. The van der Waals surface area contributed by atoms with E-state index in [1.807, 2.05) is 0 Å². The molecule has 0 aromatic carbocycles. The third kappa shape index (κ3) is 18.8. The Morgan fingerprint density at radius 1 is 1.15 bits per heavy atom. The molecule has 0 saturated carbocycles. The normalized spacial score (nSPS) is 9.38. The van der Waals surface area contributed by atoms with Crippen LogP contribution in [0.25, 0.3) is 0 Å². The van der Waals surface area contributed by atoms with Crippen molar-refractivity contribution in [2.45, 2.75) is 52.9 Å². The fourth-order valence-electron chi connectivity index (χ4n) is 1.19. The molecule has 0 heterocycles. The SMILES string of the molecule is CCCCC(CC)CC.O=[P+](O)O. The molecule has 3 nitrogen and oxygen atoms in total. The number of unbranched alkanes of at least 4 members (excludes halogenated alkanes) is 1. The standard InChI is InChI=1S/C9H20.HO3P/c1-4-7-8-9(5-2)6-3;1-4(2)3/h9H,4-8H2,1-3H3;(H-,1,2,3)/p+1. The lowest BCUT2D eigenvalue weighted by Gasteiger charge is -2.09. The van der Waals surface area contributed by atoms with Crippen molar-refractivity contribution in [2.24, 2.45) is 5.92 Å². The summed E-state index contributed by atoms with van der Waals surface area (Å²) in [5.41, 5.74) is 0. The first-order valence-electron chi connectivity index (χ1n) is 4.93. The Bertz CT molecular complexity index is 109. The largest absolute Gasteiger partial charge is 0.692 e. The van der Waals surface area contributed by atoms with E-state index < -0.39 is 8.25 Å². The summed E-state index contributed by atoms with van der Waals surface area (Å²) in [5.74, 6) is 1.00. The summed E-state index contributed by atoms with van der Waals surface area (Å²) in [4.78, 5) is 14.2. The minimum absolute atomic E-state index is 1.00. The summed E-state index contributed by atoms with van der Waals surface area (Å²) in [7, 11) is -2.87. The highest BCUT2D eigenvalue weighted by Crippen LogP contribution is 2.15. The summed E-state index contributed by atoms with van der Waals surface area (Å²) in [6, 6.07) is 0. The van der Waals surface area contributed by atoms with Crippen molar-refractivity contribution in [2.75, 3.05) is 0 Å². The van der Waals surface area contributed by atoms with Crippen LogP contribution >= 0.6 is 8.25 Å².